The van der Waals surface area contributed by atoms with Crippen molar-refractivity contribution in [3.63, 3.8) is 0 Å². The predicted octanol–water partition coefficient (Wildman–Crippen LogP) is 2.16. The van der Waals surface area contributed by atoms with Crippen molar-refractivity contribution in [1.82, 2.24) is 5.32 Å². The van der Waals surface area contributed by atoms with Crippen molar-refractivity contribution in [3.05, 3.63) is 11.6 Å². The molecule has 20 heavy (non-hydrogen) atoms. The van der Waals surface area contributed by atoms with E-state index in [1.807, 2.05) is 6.07 Å². The summed E-state index contributed by atoms with van der Waals surface area (Å²) in [5, 5.41) is 2.74. The fraction of sp³-hybridized carbons (Fsp3) is 0.417. The minimum absolute atomic E-state index is 0.0769. The predicted molar refractivity (Wildman–Crippen MR) is 81.8 cm³/mol. The third-order valence-corrected chi connectivity index (χ3v) is 7.75. The van der Waals surface area contributed by atoms with Gasteiger partial charge in [0.05, 0.1) is 24.0 Å². The van der Waals surface area contributed by atoms with Crippen molar-refractivity contribution in [2.24, 2.45) is 0 Å². The number of methoxy groups -OCH3 is 2. The Hall–Kier alpha value is -0.860. The molecular weight excluding hydrogens is 318 g/mol. The Kier molecular flexibility index (Phi) is 5.22. The van der Waals surface area contributed by atoms with Crippen LogP contribution in [0.5, 0.6) is 11.5 Å². The molecule has 1 amide bonds. The van der Waals surface area contributed by atoms with E-state index in [0.29, 0.717) is 24.5 Å². The molecule has 1 atom stereocenters. The lowest BCUT2D eigenvalue weighted by molar-refractivity contribution is -0.118. The van der Waals surface area contributed by atoms with Crippen LogP contribution >= 0.6 is 20.6 Å². The first-order chi connectivity index (χ1) is 9.58. The number of rotatable bonds is 5. The number of nitrogens with one attached hydrogen (secondary N) is 1. The average molecular weight is 333 g/mol. The molecule has 2 rings (SSSR count). The van der Waals surface area contributed by atoms with E-state index in [0.717, 1.165) is 15.4 Å². The van der Waals surface area contributed by atoms with Gasteiger partial charge in [-0.1, -0.05) is 0 Å². The Balaban J connectivity index is 2.38. The fourth-order valence-electron chi connectivity index (χ4n) is 1.91. The quantitative estimate of drug-likeness (QED) is 0.833. The van der Waals surface area contributed by atoms with Gasteiger partial charge in [0.25, 0.3) is 0 Å². The highest BCUT2D eigenvalue weighted by molar-refractivity contribution is 9.06. The topological polar surface area (TPSA) is 64.6 Å². The van der Waals surface area contributed by atoms with E-state index < -0.39 is 9.83 Å². The minimum Gasteiger partial charge on any atom is -0.493 e. The Morgan fingerprint density at radius 2 is 2.15 bits per heavy atom. The number of hydrogen-bond acceptors (Lipinski definition) is 6. The van der Waals surface area contributed by atoms with Crippen molar-refractivity contribution in [2.75, 3.05) is 20.8 Å². The van der Waals surface area contributed by atoms with Gasteiger partial charge in [0, 0.05) is 23.3 Å². The van der Waals surface area contributed by atoms with Crippen molar-refractivity contribution in [3.8, 4) is 11.5 Å². The lowest BCUT2D eigenvalue weighted by Crippen LogP contribution is -2.22. The highest BCUT2D eigenvalue weighted by Crippen LogP contribution is 2.55. The van der Waals surface area contributed by atoms with Gasteiger partial charge in [-0.25, -0.2) is 4.21 Å². The highest BCUT2D eigenvalue weighted by Gasteiger charge is 2.30. The molecule has 0 aromatic heterocycles. The Morgan fingerprint density at radius 1 is 1.40 bits per heavy atom. The van der Waals surface area contributed by atoms with Crippen LogP contribution in [0, 0.1) is 0 Å². The van der Waals surface area contributed by atoms with Gasteiger partial charge in [0.2, 0.25) is 5.91 Å². The summed E-state index contributed by atoms with van der Waals surface area (Å²) in [5.41, 5.74) is 0.919. The molecule has 0 radical (unpaired) electrons. The summed E-state index contributed by atoms with van der Waals surface area (Å²) in [4.78, 5) is 12.6. The second kappa shape index (κ2) is 6.73. The molecule has 0 bridgehead atoms. The first-order valence-corrected chi connectivity index (χ1v) is 9.69. The van der Waals surface area contributed by atoms with Crippen LogP contribution in [0.15, 0.2) is 15.9 Å². The van der Waals surface area contributed by atoms with Gasteiger partial charge in [-0.05, 0) is 28.8 Å². The van der Waals surface area contributed by atoms with Gasteiger partial charge in [-0.2, -0.15) is 0 Å². The normalized spacial score (nSPS) is 16.6. The summed E-state index contributed by atoms with van der Waals surface area (Å²) in [6.07, 6.45) is 0.606. The first-order valence-electron chi connectivity index (χ1n) is 5.87. The summed E-state index contributed by atoms with van der Waals surface area (Å²) in [5.74, 6) is 1.16. The Labute approximate surface area is 127 Å². The summed E-state index contributed by atoms with van der Waals surface area (Å²) in [6.45, 7) is 1.98. The van der Waals surface area contributed by atoms with Gasteiger partial charge in [0.15, 0.2) is 11.5 Å². The molecule has 8 heteroatoms. The molecule has 1 aliphatic heterocycles. The first kappa shape index (κ1) is 15.5. The van der Waals surface area contributed by atoms with E-state index >= 15 is 0 Å². The van der Waals surface area contributed by atoms with Crippen LogP contribution in [0.4, 0.5) is 0 Å². The maximum Gasteiger partial charge on any atom is 0.216 e. The van der Waals surface area contributed by atoms with Gasteiger partial charge in [-0.15, -0.1) is 0 Å². The van der Waals surface area contributed by atoms with Gasteiger partial charge >= 0.3 is 0 Å². The number of amides is 1. The van der Waals surface area contributed by atoms with Gasteiger partial charge in [-0.3, -0.25) is 4.79 Å². The molecule has 0 aliphatic carbocycles. The van der Waals surface area contributed by atoms with Gasteiger partial charge in [0.1, 0.15) is 9.83 Å². The molecule has 1 aromatic carbocycles. The summed E-state index contributed by atoms with van der Waals surface area (Å²) >= 11 is 0. The van der Waals surface area contributed by atoms with Crippen molar-refractivity contribution in [2.45, 2.75) is 23.1 Å². The van der Waals surface area contributed by atoms with E-state index in [1.54, 1.807) is 14.2 Å². The molecule has 0 saturated heterocycles. The third kappa shape index (κ3) is 3.07. The van der Waals surface area contributed by atoms with E-state index in [9.17, 15) is 9.00 Å². The SMILES string of the molecule is COc1cc(CCNC(C)=O)c2c(c1OC)SSS2=O. The van der Waals surface area contributed by atoms with E-state index in [4.69, 9.17) is 9.47 Å². The zero-order valence-electron chi connectivity index (χ0n) is 11.3. The number of benzene rings is 1. The zero-order valence-corrected chi connectivity index (χ0v) is 13.8. The monoisotopic (exact) mass is 333 g/mol. The van der Waals surface area contributed by atoms with Crippen LogP contribution in [0.25, 0.3) is 0 Å². The smallest absolute Gasteiger partial charge is 0.216 e. The van der Waals surface area contributed by atoms with Crippen LogP contribution < -0.4 is 14.8 Å². The highest BCUT2D eigenvalue weighted by atomic mass is 33.5. The third-order valence-electron chi connectivity index (χ3n) is 2.77. The van der Waals surface area contributed by atoms with Crippen LogP contribution in [0.1, 0.15) is 12.5 Å². The van der Waals surface area contributed by atoms with Crippen LogP contribution in [-0.4, -0.2) is 30.9 Å². The molecule has 0 spiro atoms. The number of ether oxygens (including phenoxy) is 2. The minimum atomic E-state index is -1.11. The van der Waals surface area contributed by atoms with Gasteiger partial charge < -0.3 is 14.8 Å². The molecule has 5 nitrogen and oxygen atoms in total. The molecule has 1 N–H and O–H groups in total. The van der Waals surface area contributed by atoms with Crippen molar-refractivity contribution in [1.29, 1.82) is 0 Å². The lowest BCUT2D eigenvalue weighted by atomic mass is 10.1. The fourth-order valence-corrected chi connectivity index (χ4v) is 7.29. The Morgan fingerprint density at radius 3 is 2.75 bits per heavy atom. The van der Waals surface area contributed by atoms with Crippen molar-refractivity contribution >= 4 is 36.4 Å². The molecule has 1 unspecified atom stereocenters. The maximum atomic E-state index is 12.1. The second-order valence-electron chi connectivity index (χ2n) is 4.05. The van der Waals surface area contributed by atoms with Crippen LogP contribution in [-0.2, 0) is 21.0 Å². The maximum absolute atomic E-state index is 12.1. The molecule has 1 heterocycles. The Bertz CT molecular complexity index is 562. The molecule has 1 aliphatic rings. The molecule has 0 saturated carbocycles. The molecule has 110 valence electrons. The molecule has 0 fully saturated rings. The van der Waals surface area contributed by atoms with Crippen LogP contribution in [0.3, 0.4) is 0 Å². The number of carbonyl (C=O) groups is 1. The number of carbonyl (C=O) groups excluding carboxylic acids is 1. The summed E-state index contributed by atoms with van der Waals surface area (Å²) in [7, 11) is 4.76. The standard InChI is InChI=1S/C12H15NO4S3/c1-7(14)13-5-4-8-6-9(16-2)10(17-3)11-12(8)20(15)19-18-11/h6H,4-5H2,1-3H3,(H,13,14). The second-order valence-corrected chi connectivity index (χ2v) is 8.68. The summed E-state index contributed by atoms with van der Waals surface area (Å²) in [6, 6.07) is 1.84. The van der Waals surface area contributed by atoms with E-state index in [2.05, 4.69) is 5.32 Å². The molecular formula is C12H15NO4S3. The largest absolute Gasteiger partial charge is 0.493 e. The van der Waals surface area contributed by atoms with E-state index in [-0.39, 0.29) is 5.91 Å². The lowest BCUT2D eigenvalue weighted by Gasteiger charge is -2.14. The average Bonchev–Trinajstić information content (AvgIpc) is 2.80. The summed E-state index contributed by atoms with van der Waals surface area (Å²) < 4.78 is 22.8. The molecule has 1 aromatic rings. The van der Waals surface area contributed by atoms with E-state index in [1.165, 1.54) is 27.5 Å². The van der Waals surface area contributed by atoms with Crippen LogP contribution in [0.2, 0.25) is 0 Å². The number of hydrogen-bond donors (Lipinski definition) is 1. The zero-order chi connectivity index (χ0) is 14.7. The van der Waals surface area contributed by atoms with Crippen molar-refractivity contribution < 1.29 is 18.5 Å². The number of fused-ring (bicyclic) bond motifs is 1.